The smallest absolute Gasteiger partial charge is 0.693 e. The van der Waals surface area contributed by atoms with Gasteiger partial charge in [0.05, 0.1) is 0 Å². The zero-order valence-electron chi connectivity index (χ0n) is 10.9. The third-order valence-corrected chi connectivity index (χ3v) is 2.83. The monoisotopic (exact) mass is 471 g/mol. The van der Waals surface area contributed by atoms with Crippen LogP contribution in [0.1, 0.15) is 32.1 Å². The molecule has 0 atom stereocenters. The fourth-order valence-electron chi connectivity index (χ4n) is 1.41. The summed E-state index contributed by atoms with van der Waals surface area (Å²) in [5, 5.41) is 25.1. The molecular formula is C11H20N2O6Pt. The first-order valence-electron chi connectivity index (χ1n) is 5.64. The fourth-order valence-corrected chi connectivity index (χ4v) is 1.41. The summed E-state index contributed by atoms with van der Waals surface area (Å²) in [7, 11) is 0. The van der Waals surface area contributed by atoms with Gasteiger partial charge in [-0.25, -0.2) is 0 Å². The number of ketones is 1. The Hall–Kier alpha value is -0.822. The van der Waals surface area contributed by atoms with Crippen molar-refractivity contribution in [2.75, 3.05) is 13.2 Å². The van der Waals surface area contributed by atoms with E-state index in [1.54, 1.807) is 0 Å². The second-order valence-electron chi connectivity index (χ2n) is 4.10. The van der Waals surface area contributed by atoms with Gasteiger partial charge in [-0.15, -0.1) is 0 Å². The fraction of sp³-hybridized carbons (Fsp3) is 0.727. The van der Waals surface area contributed by atoms with Crippen LogP contribution in [0.25, 0.3) is 11.9 Å². The van der Waals surface area contributed by atoms with Crippen molar-refractivity contribution in [3.63, 3.8) is 0 Å². The maximum atomic E-state index is 10.4. The van der Waals surface area contributed by atoms with E-state index in [1.165, 1.54) is 0 Å². The number of rotatable bonds is 6. The van der Waals surface area contributed by atoms with E-state index in [4.69, 9.17) is 21.1 Å². The average molecular weight is 471 g/mol. The number of carboxylic acids is 2. The largest absolute Gasteiger partial charge is 2.00 e. The number of nitrogens with one attached hydrogen (secondary N) is 1. The predicted molar refractivity (Wildman–Crippen MR) is 67.4 cm³/mol. The van der Waals surface area contributed by atoms with Crippen LogP contribution in [-0.4, -0.2) is 46.2 Å². The molecule has 0 unspecified atom stereocenters. The summed E-state index contributed by atoms with van der Waals surface area (Å²) in [6.45, 7) is -0.105. The van der Waals surface area contributed by atoms with Gasteiger partial charge in [-0.05, 0) is 19.3 Å². The number of aliphatic hydroxyl groups excluding tert-OH is 1. The van der Waals surface area contributed by atoms with Crippen LogP contribution < -0.4 is 0 Å². The third kappa shape index (κ3) is 7.09. The average Bonchev–Trinajstić information content (AvgIpc) is 2.23. The van der Waals surface area contributed by atoms with E-state index in [-0.39, 0.29) is 59.0 Å². The zero-order valence-corrected chi connectivity index (χ0v) is 13.2. The van der Waals surface area contributed by atoms with E-state index < -0.39 is 17.4 Å². The SMILES string of the molecule is O=C(O)C1(C(=O)O)CCC1.[NH-]CCCC(=O)CO.[NH2-].[Pt+2]. The van der Waals surface area contributed by atoms with Crippen LogP contribution >= 0.6 is 0 Å². The minimum Gasteiger partial charge on any atom is -0.693 e. The summed E-state index contributed by atoms with van der Waals surface area (Å²) >= 11 is 0. The van der Waals surface area contributed by atoms with E-state index in [1.807, 2.05) is 0 Å². The molecule has 1 saturated carbocycles. The number of carbonyl (C=O) groups excluding carboxylic acids is 1. The van der Waals surface area contributed by atoms with Gasteiger partial charge >= 0.3 is 33.0 Å². The first kappa shape index (κ1) is 24.2. The Morgan fingerprint density at radius 2 is 1.55 bits per heavy atom. The molecule has 0 aromatic heterocycles. The van der Waals surface area contributed by atoms with Gasteiger partial charge in [0.2, 0.25) is 0 Å². The molecular weight excluding hydrogens is 451 g/mol. The van der Waals surface area contributed by atoms with Gasteiger partial charge in [0.15, 0.2) is 11.2 Å². The summed E-state index contributed by atoms with van der Waals surface area (Å²) in [5.41, 5.74) is 5.19. The molecule has 0 aliphatic heterocycles. The summed E-state index contributed by atoms with van der Waals surface area (Å²) in [4.78, 5) is 31.0. The Labute approximate surface area is 131 Å². The Balaban J connectivity index is -0.000000269. The summed E-state index contributed by atoms with van der Waals surface area (Å²) in [6.07, 6.45) is 2.17. The molecule has 0 heterocycles. The normalized spacial score (nSPS) is 14.3. The van der Waals surface area contributed by atoms with Crippen molar-refractivity contribution in [2.24, 2.45) is 5.41 Å². The first-order chi connectivity index (χ1) is 8.40. The van der Waals surface area contributed by atoms with Gasteiger partial charge < -0.3 is 27.2 Å². The second-order valence-corrected chi connectivity index (χ2v) is 4.10. The molecule has 1 fully saturated rings. The van der Waals surface area contributed by atoms with Gasteiger partial charge in [-0.2, -0.15) is 6.54 Å². The molecule has 0 spiro atoms. The van der Waals surface area contributed by atoms with E-state index in [9.17, 15) is 14.4 Å². The van der Waals surface area contributed by atoms with Crippen molar-refractivity contribution in [1.82, 2.24) is 0 Å². The van der Waals surface area contributed by atoms with Crippen molar-refractivity contribution >= 4 is 17.7 Å². The van der Waals surface area contributed by atoms with Gasteiger partial charge in [-0.3, -0.25) is 14.4 Å². The molecule has 1 rings (SSSR count). The third-order valence-electron chi connectivity index (χ3n) is 2.83. The minimum absolute atomic E-state index is 0. The molecule has 0 aromatic carbocycles. The Kier molecular flexibility index (Phi) is 14.5. The molecule has 6 N–H and O–H groups in total. The summed E-state index contributed by atoms with van der Waals surface area (Å²) < 4.78 is 0. The molecule has 9 heteroatoms. The van der Waals surface area contributed by atoms with Crippen LogP contribution in [0.3, 0.4) is 0 Å². The van der Waals surface area contributed by atoms with Crippen LogP contribution in [0, 0.1) is 5.41 Å². The molecule has 20 heavy (non-hydrogen) atoms. The molecule has 0 aromatic rings. The van der Waals surface area contributed by atoms with Gasteiger partial charge in [-0.1, -0.05) is 6.42 Å². The Morgan fingerprint density at radius 3 is 1.70 bits per heavy atom. The van der Waals surface area contributed by atoms with Crippen molar-refractivity contribution in [2.45, 2.75) is 32.1 Å². The number of carboxylic acid groups (broad SMARTS) is 2. The van der Waals surface area contributed by atoms with Gasteiger partial charge in [0.1, 0.15) is 6.61 Å². The quantitative estimate of drug-likeness (QED) is 0.495. The maximum Gasteiger partial charge on any atom is 2.00 e. The Bertz CT molecular complexity index is 304. The van der Waals surface area contributed by atoms with Crippen LogP contribution in [-0.2, 0) is 35.4 Å². The van der Waals surface area contributed by atoms with Crippen molar-refractivity contribution < 1.29 is 50.8 Å². The maximum absolute atomic E-state index is 10.4. The number of hydrogen-bond acceptors (Lipinski definition) is 4. The number of nitrogens with two attached hydrogens (primary N) is 1. The van der Waals surface area contributed by atoms with E-state index in [2.05, 4.69) is 0 Å². The van der Waals surface area contributed by atoms with Gasteiger partial charge in [0, 0.05) is 6.42 Å². The van der Waals surface area contributed by atoms with Crippen LogP contribution in [0.5, 0.6) is 0 Å². The van der Waals surface area contributed by atoms with Crippen LogP contribution in [0.4, 0.5) is 0 Å². The van der Waals surface area contributed by atoms with Gasteiger partial charge in [0.25, 0.3) is 0 Å². The van der Waals surface area contributed by atoms with Crippen molar-refractivity contribution in [3.05, 3.63) is 11.9 Å². The number of carbonyl (C=O) groups is 3. The summed E-state index contributed by atoms with van der Waals surface area (Å²) in [5.74, 6) is -2.57. The topological polar surface area (TPSA) is 169 Å². The molecule has 0 radical (unpaired) electrons. The van der Waals surface area contributed by atoms with E-state index in [0.717, 1.165) is 0 Å². The zero-order chi connectivity index (χ0) is 14.2. The molecule has 1 aliphatic carbocycles. The van der Waals surface area contributed by atoms with Crippen molar-refractivity contribution in [1.29, 1.82) is 0 Å². The number of aliphatic carboxylic acids is 2. The molecule has 1 aliphatic rings. The summed E-state index contributed by atoms with van der Waals surface area (Å²) in [6, 6.07) is 0. The minimum atomic E-state index is -1.44. The number of Topliss-reactive ketones (excluding diaryl/α,β-unsaturated/α-hetero) is 1. The second kappa shape index (κ2) is 12.0. The Morgan fingerprint density at radius 1 is 1.10 bits per heavy atom. The van der Waals surface area contributed by atoms with Crippen molar-refractivity contribution in [3.8, 4) is 0 Å². The van der Waals surface area contributed by atoms with E-state index in [0.29, 0.717) is 19.3 Å². The van der Waals surface area contributed by atoms with Crippen LogP contribution in [0.15, 0.2) is 0 Å². The molecule has 120 valence electrons. The van der Waals surface area contributed by atoms with E-state index >= 15 is 0 Å². The van der Waals surface area contributed by atoms with Crippen LogP contribution in [0.2, 0.25) is 0 Å². The molecule has 0 bridgehead atoms. The number of hydrogen-bond donors (Lipinski definition) is 3. The first-order valence-corrected chi connectivity index (χ1v) is 5.64. The number of aliphatic hydroxyl groups is 1. The molecule has 0 amide bonds. The molecule has 0 saturated heterocycles. The standard InChI is InChI=1S/C6H8O4.C5H10NO2.H2N.Pt/c7-4(8)6(5(9)10)2-1-3-6;6-3-1-2-5(8)4-7;;/h1-3H2,(H,7,8)(H,9,10);6-7H,1-4H2;1H2;/q;2*-1;+2. The predicted octanol–water partition coefficient (Wildman–Crippen LogP) is 1.42. The molecule has 8 nitrogen and oxygen atoms in total.